The summed E-state index contributed by atoms with van der Waals surface area (Å²) < 4.78 is 32.7. The van der Waals surface area contributed by atoms with Crippen molar-refractivity contribution in [1.29, 1.82) is 5.26 Å². The van der Waals surface area contributed by atoms with E-state index in [9.17, 15) is 18.4 Å². The molecule has 2 aromatic carbocycles. The van der Waals surface area contributed by atoms with Gasteiger partial charge >= 0.3 is 0 Å². The summed E-state index contributed by atoms with van der Waals surface area (Å²) in [6.07, 6.45) is 4.56. The van der Waals surface area contributed by atoms with Gasteiger partial charge in [0.05, 0.1) is 17.2 Å². The molecule has 212 valence electrons. The standard InChI is InChI=1S/C32H32F2N4O3/c33-26-6-8-31(28(34)18-26)41-27-11-15-38(16-12-27)32(40)25-5-7-29(36-20-25)30(39)17-22-9-13-37(14-10-22)21-24-3-1-23(19-35)2-4-24/h1-8,18,20,22,27H,9-17,21H2. The first-order chi connectivity index (χ1) is 19.9. The molecule has 5 rings (SSSR count). The van der Waals surface area contributed by atoms with Crippen LogP contribution >= 0.6 is 0 Å². The first-order valence-corrected chi connectivity index (χ1v) is 14.0. The third-order valence-electron chi connectivity index (χ3n) is 7.88. The Morgan fingerprint density at radius 1 is 0.951 bits per heavy atom. The number of likely N-dealkylation sites (tertiary alicyclic amines) is 2. The smallest absolute Gasteiger partial charge is 0.255 e. The second kappa shape index (κ2) is 13.0. The molecule has 0 aliphatic carbocycles. The van der Waals surface area contributed by atoms with Gasteiger partial charge in [0, 0.05) is 51.2 Å². The summed E-state index contributed by atoms with van der Waals surface area (Å²) in [5.41, 5.74) is 2.62. The minimum absolute atomic E-state index is 0.00860. The Bertz CT molecular complexity index is 1410. The number of ketones is 1. The summed E-state index contributed by atoms with van der Waals surface area (Å²) in [5, 5.41) is 8.95. The number of hydrogen-bond donors (Lipinski definition) is 0. The van der Waals surface area contributed by atoms with Gasteiger partial charge in [-0.25, -0.2) is 8.78 Å². The molecule has 2 fully saturated rings. The van der Waals surface area contributed by atoms with Crippen LogP contribution in [0.5, 0.6) is 5.75 Å². The van der Waals surface area contributed by atoms with Crippen LogP contribution in [0.25, 0.3) is 0 Å². The second-order valence-corrected chi connectivity index (χ2v) is 10.8. The van der Waals surface area contributed by atoms with Gasteiger partial charge in [0.2, 0.25) is 0 Å². The van der Waals surface area contributed by atoms with E-state index in [4.69, 9.17) is 10.00 Å². The summed E-state index contributed by atoms with van der Waals surface area (Å²) in [7, 11) is 0. The lowest BCUT2D eigenvalue weighted by Gasteiger charge is -2.32. The lowest BCUT2D eigenvalue weighted by Crippen LogP contribution is -2.41. The van der Waals surface area contributed by atoms with Crippen molar-refractivity contribution < 1.29 is 23.1 Å². The molecule has 2 aliphatic heterocycles. The number of carbonyl (C=O) groups excluding carboxylic acids is 2. The third kappa shape index (κ3) is 7.33. The summed E-state index contributed by atoms with van der Waals surface area (Å²) >= 11 is 0. The highest BCUT2D eigenvalue weighted by molar-refractivity contribution is 5.97. The van der Waals surface area contributed by atoms with Crippen LogP contribution in [0.3, 0.4) is 0 Å². The maximum Gasteiger partial charge on any atom is 0.255 e. The molecule has 0 N–H and O–H groups in total. The van der Waals surface area contributed by atoms with Gasteiger partial charge in [-0.05, 0) is 73.8 Å². The first-order valence-electron chi connectivity index (χ1n) is 14.0. The number of pyridine rings is 1. The minimum atomic E-state index is -0.741. The average molecular weight is 559 g/mol. The largest absolute Gasteiger partial charge is 0.487 e. The molecule has 2 saturated heterocycles. The Kier molecular flexibility index (Phi) is 9.00. The molecule has 0 unspecified atom stereocenters. The molecule has 41 heavy (non-hydrogen) atoms. The van der Waals surface area contributed by atoms with Gasteiger partial charge in [0.1, 0.15) is 17.6 Å². The number of benzene rings is 2. The number of halogens is 2. The van der Waals surface area contributed by atoms with E-state index in [0.29, 0.717) is 55.1 Å². The predicted octanol–water partition coefficient (Wildman–Crippen LogP) is 5.40. The average Bonchev–Trinajstić information content (AvgIpc) is 3.00. The summed E-state index contributed by atoms with van der Waals surface area (Å²) in [6, 6.07) is 16.3. The lowest BCUT2D eigenvalue weighted by atomic mass is 9.90. The van der Waals surface area contributed by atoms with Crippen molar-refractivity contribution in [1.82, 2.24) is 14.8 Å². The maximum atomic E-state index is 13.9. The molecule has 1 aromatic heterocycles. The Morgan fingerprint density at radius 2 is 1.68 bits per heavy atom. The van der Waals surface area contributed by atoms with E-state index < -0.39 is 11.6 Å². The number of carbonyl (C=O) groups is 2. The van der Waals surface area contributed by atoms with Gasteiger partial charge in [-0.15, -0.1) is 0 Å². The van der Waals surface area contributed by atoms with Crippen molar-refractivity contribution in [3.05, 3.63) is 94.8 Å². The molecule has 3 heterocycles. The Balaban J connectivity index is 1.06. The van der Waals surface area contributed by atoms with E-state index in [2.05, 4.69) is 16.0 Å². The number of rotatable bonds is 8. The normalized spacial score (nSPS) is 16.8. The molecule has 9 heteroatoms. The molecule has 0 atom stereocenters. The second-order valence-electron chi connectivity index (χ2n) is 10.8. The Labute approximate surface area is 238 Å². The third-order valence-corrected chi connectivity index (χ3v) is 7.88. The van der Waals surface area contributed by atoms with Gasteiger partial charge in [-0.2, -0.15) is 5.26 Å². The van der Waals surface area contributed by atoms with Crippen molar-refractivity contribution >= 4 is 11.7 Å². The number of ether oxygens (including phenoxy) is 1. The number of nitriles is 1. The van der Waals surface area contributed by atoms with Crippen LogP contribution in [-0.2, 0) is 6.54 Å². The number of hydrogen-bond acceptors (Lipinski definition) is 6. The van der Waals surface area contributed by atoms with Crippen LogP contribution in [0.4, 0.5) is 8.78 Å². The number of amides is 1. The Morgan fingerprint density at radius 3 is 2.32 bits per heavy atom. The molecule has 0 saturated carbocycles. The Hall–Kier alpha value is -4.16. The SMILES string of the molecule is N#Cc1ccc(CN2CCC(CC(=O)c3ccc(C(=O)N4CCC(Oc5ccc(F)cc5F)CC4)cn3)CC2)cc1. The van der Waals surface area contributed by atoms with Gasteiger partial charge < -0.3 is 9.64 Å². The van der Waals surface area contributed by atoms with Crippen molar-refractivity contribution in [3.8, 4) is 11.8 Å². The van der Waals surface area contributed by atoms with Crippen LogP contribution in [0.2, 0.25) is 0 Å². The zero-order valence-electron chi connectivity index (χ0n) is 22.8. The molecule has 0 bridgehead atoms. The van der Waals surface area contributed by atoms with Gasteiger partial charge in [0.25, 0.3) is 5.91 Å². The number of piperidine rings is 2. The van der Waals surface area contributed by atoms with E-state index >= 15 is 0 Å². The van der Waals surface area contributed by atoms with Gasteiger partial charge in [0.15, 0.2) is 17.3 Å². The van der Waals surface area contributed by atoms with Crippen LogP contribution < -0.4 is 4.74 Å². The lowest BCUT2D eigenvalue weighted by molar-refractivity contribution is 0.0587. The minimum Gasteiger partial charge on any atom is -0.487 e. The van der Waals surface area contributed by atoms with Crippen molar-refractivity contribution in [3.63, 3.8) is 0 Å². The molecule has 7 nitrogen and oxygen atoms in total. The predicted molar refractivity (Wildman–Crippen MR) is 148 cm³/mol. The number of aromatic nitrogens is 1. The monoisotopic (exact) mass is 558 g/mol. The fourth-order valence-electron chi connectivity index (χ4n) is 5.45. The highest BCUT2D eigenvalue weighted by Gasteiger charge is 2.27. The summed E-state index contributed by atoms with van der Waals surface area (Å²) in [6.45, 7) is 3.55. The van der Waals surface area contributed by atoms with Crippen LogP contribution in [0, 0.1) is 28.9 Å². The fraction of sp³-hybridized carbons (Fsp3) is 0.375. The van der Waals surface area contributed by atoms with Crippen LogP contribution in [0.15, 0.2) is 60.8 Å². The quantitative estimate of drug-likeness (QED) is 0.344. The summed E-state index contributed by atoms with van der Waals surface area (Å²) in [4.78, 5) is 34.3. The highest BCUT2D eigenvalue weighted by atomic mass is 19.1. The molecule has 0 spiro atoms. The molecule has 1 amide bonds. The van der Waals surface area contributed by atoms with E-state index in [0.717, 1.165) is 44.6 Å². The van der Waals surface area contributed by atoms with Crippen molar-refractivity contribution in [2.45, 2.75) is 44.8 Å². The van der Waals surface area contributed by atoms with E-state index in [1.807, 2.05) is 24.3 Å². The van der Waals surface area contributed by atoms with Crippen molar-refractivity contribution in [2.24, 2.45) is 5.92 Å². The maximum absolute atomic E-state index is 13.9. The van der Waals surface area contributed by atoms with E-state index in [1.165, 1.54) is 17.8 Å². The highest BCUT2D eigenvalue weighted by Crippen LogP contribution is 2.25. The molecule has 2 aliphatic rings. The topological polar surface area (TPSA) is 86.5 Å². The molecule has 0 radical (unpaired) electrons. The van der Waals surface area contributed by atoms with Gasteiger partial charge in [-0.1, -0.05) is 12.1 Å². The van der Waals surface area contributed by atoms with Gasteiger partial charge in [-0.3, -0.25) is 19.5 Å². The van der Waals surface area contributed by atoms with Crippen LogP contribution in [-0.4, -0.2) is 58.8 Å². The zero-order valence-corrected chi connectivity index (χ0v) is 22.8. The van der Waals surface area contributed by atoms with Crippen LogP contribution in [0.1, 0.15) is 64.1 Å². The molecule has 3 aromatic rings. The first kappa shape index (κ1) is 28.4. The fourth-order valence-corrected chi connectivity index (χ4v) is 5.45. The summed E-state index contributed by atoms with van der Waals surface area (Å²) in [5.74, 6) is -1.27. The molecular formula is C32H32F2N4O3. The van der Waals surface area contributed by atoms with E-state index in [-0.39, 0.29) is 23.5 Å². The molecular weight excluding hydrogens is 526 g/mol. The van der Waals surface area contributed by atoms with Crippen molar-refractivity contribution in [2.75, 3.05) is 26.2 Å². The number of Topliss-reactive ketones (excluding diaryl/α,β-unsaturated/α-hetero) is 1. The number of nitrogens with zero attached hydrogens (tertiary/aromatic N) is 4. The van der Waals surface area contributed by atoms with E-state index in [1.54, 1.807) is 17.0 Å². The zero-order chi connectivity index (χ0) is 28.8.